The maximum atomic E-state index is 12.6. The first-order chi connectivity index (χ1) is 10.1. The number of rotatable bonds is 3. The average Bonchev–Trinajstić information content (AvgIpc) is 2.74. The van der Waals surface area contributed by atoms with Crippen molar-refractivity contribution in [1.29, 1.82) is 5.26 Å². The lowest BCUT2D eigenvalue weighted by Gasteiger charge is -2.23. The Balaban J connectivity index is 2.16. The van der Waals surface area contributed by atoms with Crippen LogP contribution in [0.15, 0.2) is 22.7 Å². The summed E-state index contributed by atoms with van der Waals surface area (Å²) in [5.74, 6) is 0.515. The van der Waals surface area contributed by atoms with E-state index in [-0.39, 0.29) is 5.91 Å². The number of ether oxygens (including phenoxy) is 1. The van der Waals surface area contributed by atoms with Gasteiger partial charge in [-0.3, -0.25) is 4.79 Å². The number of carbonyl (C=O) groups excluding carboxylic acids is 1. The molecule has 1 aromatic carbocycles. The Morgan fingerprint density at radius 3 is 2.52 bits per heavy atom. The zero-order valence-corrected chi connectivity index (χ0v) is 13.7. The quantitative estimate of drug-likeness (QED) is 0.828. The molecule has 1 aromatic rings. The van der Waals surface area contributed by atoms with Gasteiger partial charge in [-0.05, 0) is 47.0 Å². The number of nitrogens with zero attached hydrogens (tertiary/aromatic N) is 1. The van der Waals surface area contributed by atoms with Crippen LogP contribution < -0.4 is 10.1 Å². The van der Waals surface area contributed by atoms with Crippen LogP contribution in [0.2, 0.25) is 0 Å². The number of methoxy groups -OCH3 is 1. The molecule has 0 spiro atoms. The van der Waals surface area contributed by atoms with E-state index in [0.29, 0.717) is 24.3 Å². The van der Waals surface area contributed by atoms with Crippen LogP contribution >= 0.6 is 15.9 Å². The van der Waals surface area contributed by atoms with Crippen LogP contribution in [0.3, 0.4) is 0 Å². The summed E-state index contributed by atoms with van der Waals surface area (Å²) in [6, 6.07) is 7.62. The highest BCUT2D eigenvalue weighted by atomic mass is 79.9. The van der Waals surface area contributed by atoms with Crippen LogP contribution in [0.1, 0.15) is 38.5 Å². The van der Waals surface area contributed by atoms with Crippen molar-refractivity contribution in [3.05, 3.63) is 22.7 Å². The minimum Gasteiger partial charge on any atom is -0.496 e. The minimum absolute atomic E-state index is 0.191. The summed E-state index contributed by atoms with van der Waals surface area (Å²) >= 11 is 3.39. The topological polar surface area (TPSA) is 62.1 Å². The molecule has 112 valence electrons. The molecular formula is C16H19BrN2O2. The van der Waals surface area contributed by atoms with Crippen molar-refractivity contribution in [2.75, 3.05) is 12.4 Å². The van der Waals surface area contributed by atoms with E-state index in [9.17, 15) is 10.1 Å². The van der Waals surface area contributed by atoms with Crippen LogP contribution in [-0.2, 0) is 4.79 Å². The van der Waals surface area contributed by atoms with Gasteiger partial charge >= 0.3 is 0 Å². The van der Waals surface area contributed by atoms with E-state index >= 15 is 0 Å². The number of nitriles is 1. The van der Waals surface area contributed by atoms with Gasteiger partial charge < -0.3 is 10.1 Å². The van der Waals surface area contributed by atoms with Gasteiger partial charge in [0.1, 0.15) is 11.2 Å². The summed E-state index contributed by atoms with van der Waals surface area (Å²) in [7, 11) is 1.59. The van der Waals surface area contributed by atoms with Gasteiger partial charge in [0.05, 0.1) is 17.7 Å². The molecule has 0 unspecified atom stereocenters. The molecule has 1 aliphatic carbocycles. The van der Waals surface area contributed by atoms with Gasteiger partial charge in [0.15, 0.2) is 0 Å². The van der Waals surface area contributed by atoms with Gasteiger partial charge in [-0.15, -0.1) is 0 Å². The molecule has 1 N–H and O–H groups in total. The molecule has 0 bridgehead atoms. The zero-order valence-electron chi connectivity index (χ0n) is 12.1. The first-order valence-corrected chi connectivity index (χ1v) is 7.97. The Bertz CT molecular complexity index is 558. The maximum absolute atomic E-state index is 12.6. The van der Waals surface area contributed by atoms with E-state index in [1.165, 1.54) is 0 Å². The molecule has 0 heterocycles. The number of hydrogen-bond donors (Lipinski definition) is 1. The molecule has 0 aromatic heterocycles. The van der Waals surface area contributed by atoms with Crippen LogP contribution in [-0.4, -0.2) is 13.0 Å². The molecule has 0 radical (unpaired) electrons. The molecule has 5 heteroatoms. The fourth-order valence-corrected chi connectivity index (χ4v) is 3.26. The fraction of sp³-hybridized carbons (Fsp3) is 0.500. The van der Waals surface area contributed by atoms with Crippen LogP contribution in [0.4, 0.5) is 5.69 Å². The highest BCUT2D eigenvalue weighted by Gasteiger charge is 2.38. The van der Waals surface area contributed by atoms with Crippen LogP contribution in [0.5, 0.6) is 5.75 Å². The number of nitrogens with one attached hydrogen (secondary N) is 1. The molecular weight excluding hydrogens is 332 g/mol. The van der Waals surface area contributed by atoms with Crippen molar-refractivity contribution in [3.8, 4) is 11.8 Å². The van der Waals surface area contributed by atoms with Gasteiger partial charge in [0, 0.05) is 5.69 Å². The standard InChI is InChI=1S/C16H19BrN2O2/c1-21-14-7-6-12(10-13(14)17)19-15(20)16(11-18)8-4-2-3-5-9-16/h6-7,10H,2-5,8-9H2,1H3,(H,19,20). The van der Waals surface area contributed by atoms with Crippen molar-refractivity contribution >= 4 is 27.5 Å². The molecule has 1 saturated carbocycles. The Morgan fingerprint density at radius 1 is 1.33 bits per heavy atom. The summed E-state index contributed by atoms with van der Waals surface area (Å²) in [5.41, 5.74) is -0.213. The normalized spacial score (nSPS) is 17.4. The molecule has 0 saturated heterocycles. The summed E-state index contributed by atoms with van der Waals surface area (Å²) in [6.45, 7) is 0. The Labute approximate surface area is 133 Å². The van der Waals surface area contributed by atoms with Crippen LogP contribution in [0, 0.1) is 16.7 Å². The van der Waals surface area contributed by atoms with E-state index in [1.54, 1.807) is 25.3 Å². The smallest absolute Gasteiger partial charge is 0.244 e. The number of amides is 1. The predicted molar refractivity (Wildman–Crippen MR) is 85.1 cm³/mol. The van der Waals surface area contributed by atoms with Crippen molar-refractivity contribution < 1.29 is 9.53 Å². The van der Waals surface area contributed by atoms with Gasteiger partial charge in [-0.2, -0.15) is 5.26 Å². The third-order valence-corrected chi connectivity index (χ3v) is 4.64. The second-order valence-electron chi connectivity index (χ2n) is 5.41. The zero-order chi connectivity index (χ0) is 15.3. The van der Waals surface area contributed by atoms with Crippen molar-refractivity contribution in [2.45, 2.75) is 38.5 Å². The lowest BCUT2D eigenvalue weighted by atomic mass is 9.81. The Hall–Kier alpha value is -1.54. The average molecular weight is 351 g/mol. The molecule has 21 heavy (non-hydrogen) atoms. The SMILES string of the molecule is COc1ccc(NC(=O)C2(C#N)CCCCCC2)cc1Br. The van der Waals surface area contributed by atoms with Gasteiger partial charge in [-0.1, -0.05) is 25.7 Å². The Kier molecular flexibility index (Phi) is 5.24. The van der Waals surface area contributed by atoms with E-state index in [1.807, 2.05) is 0 Å². The molecule has 1 aliphatic rings. The molecule has 1 amide bonds. The number of anilines is 1. The second kappa shape index (κ2) is 6.95. The number of benzene rings is 1. The van der Waals surface area contributed by atoms with Gasteiger partial charge in [0.25, 0.3) is 0 Å². The third-order valence-electron chi connectivity index (χ3n) is 4.02. The van der Waals surface area contributed by atoms with Crippen molar-refractivity contribution in [1.82, 2.24) is 0 Å². The van der Waals surface area contributed by atoms with Crippen molar-refractivity contribution in [3.63, 3.8) is 0 Å². The first-order valence-electron chi connectivity index (χ1n) is 7.17. The molecule has 0 aliphatic heterocycles. The fourth-order valence-electron chi connectivity index (χ4n) is 2.72. The van der Waals surface area contributed by atoms with Crippen molar-refractivity contribution in [2.24, 2.45) is 5.41 Å². The number of carbonyl (C=O) groups is 1. The monoisotopic (exact) mass is 350 g/mol. The van der Waals surface area contributed by atoms with E-state index in [2.05, 4.69) is 27.3 Å². The van der Waals surface area contributed by atoms with E-state index < -0.39 is 5.41 Å². The summed E-state index contributed by atoms with van der Waals surface area (Å²) < 4.78 is 5.94. The lowest BCUT2D eigenvalue weighted by Crippen LogP contribution is -2.34. The molecule has 0 atom stereocenters. The highest BCUT2D eigenvalue weighted by Crippen LogP contribution is 2.36. The largest absolute Gasteiger partial charge is 0.496 e. The highest BCUT2D eigenvalue weighted by molar-refractivity contribution is 9.10. The van der Waals surface area contributed by atoms with Gasteiger partial charge in [0.2, 0.25) is 5.91 Å². The first kappa shape index (κ1) is 15.8. The lowest BCUT2D eigenvalue weighted by molar-refractivity contribution is -0.123. The molecule has 2 rings (SSSR count). The maximum Gasteiger partial charge on any atom is 0.244 e. The third kappa shape index (κ3) is 3.56. The molecule has 1 fully saturated rings. The summed E-state index contributed by atoms with van der Waals surface area (Å²) in [5, 5.41) is 12.4. The van der Waals surface area contributed by atoms with Gasteiger partial charge in [-0.25, -0.2) is 0 Å². The second-order valence-corrected chi connectivity index (χ2v) is 6.27. The number of halogens is 1. The predicted octanol–water partition coefficient (Wildman–Crippen LogP) is 4.26. The Morgan fingerprint density at radius 2 is 2.00 bits per heavy atom. The number of hydrogen-bond acceptors (Lipinski definition) is 3. The van der Waals surface area contributed by atoms with Crippen LogP contribution in [0.25, 0.3) is 0 Å². The summed E-state index contributed by atoms with van der Waals surface area (Å²) in [4.78, 5) is 12.6. The minimum atomic E-state index is -0.886. The molecule has 4 nitrogen and oxygen atoms in total. The summed E-state index contributed by atoms with van der Waals surface area (Å²) in [6.07, 6.45) is 5.37. The van der Waals surface area contributed by atoms with E-state index in [0.717, 1.165) is 30.2 Å². The van der Waals surface area contributed by atoms with E-state index in [4.69, 9.17) is 4.74 Å².